The number of hydrogen-bond acceptors (Lipinski definition) is 4. The summed E-state index contributed by atoms with van der Waals surface area (Å²) in [6, 6.07) is 10.5. The molecule has 0 amide bonds. The van der Waals surface area contributed by atoms with E-state index in [0.717, 1.165) is 5.92 Å². The molecule has 144 valence electrons. The quantitative estimate of drug-likeness (QED) is 0.802. The molecule has 1 aliphatic carbocycles. The zero-order valence-corrected chi connectivity index (χ0v) is 15.3. The van der Waals surface area contributed by atoms with Gasteiger partial charge in [-0.3, -0.25) is 0 Å². The fourth-order valence-corrected chi connectivity index (χ4v) is 3.88. The van der Waals surface area contributed by atoms with Crippen LogP contribution in [0.25, 0.3) is 5.69 Å². The summed E-state index contributed by atoms with van der Waals surface area (Å²) < 4.78 is 2.14. The first-order valence-electron chi connectivity index (χ1n) is 9.37. The number of aromatic nitrogens is 2. The molecule has 7 nitrogen and oxygen atoms in total. The third kappa shape index (κ3) is 4.74. The van der Waals surface area contributed by atoms with E-state index in [1.165, 1.54) is 68.7 Å². The van der Waals surface area contributed by atoms with Crippen molar-refractivity contribution in [2.75, 3.05) is 19.6 Å². The highest BCUT2D eigenvalue weighted by atomic mass is 16.4. The van der Waals surface area contributed by atoms with E-state index in [0.29, 0.717) is 0 Å². The Morgan fingerprint density at radius 3 is 2.37 bits per heavy atom. The molecule has 2 heterocycles. The molecule has 1 aromatic carbocycles. The van der Waals surface area contributed by atoms with Crippen LogP contribution in [0.3, 0.4) is 0 Å². The van der Waals surface area contributed by atoms with Crippen molar-refractivity contribution in [3.63, 3.8) is 0 Å². The van der Waals surface area contributed by atoms with E-state index in [-0.39, 0.29) is 0 Å². The summed E-state index contributed by atoms with van der Waals surface area (Å²) in [4.78, 5) is 20.8. The molecule has 0 bridgehead atoms. The summed E-state index contributed by atoms with van der Waals surface area (Å²) in [6.07, 6.45) is 8.67. The van der Waals surface area contributed by atoms with Crippen LogP contribution in [-0.4, -0.2) is 56.5 Å². The van der Waals surface area contributed by atoms with Crippen molar-refractivity contribution < 1.29 is 19.8 Å². The molecule has 27 heavy (non-hydrogen) atoms. The van der Waals surface area contributed by atoms with Crippen LogP contribution >= 0.6 is 0 Å². The molecule has 7 heteroatoms. The number of likely N-dealkylation sites (tertiary alicyclic amines) is 1. The van der Waals surface area contributed by atoms with Gasteiger partial charge in [-0.2, -0.15) is 5.10 Å². The minimum absolute atomic E-state index is 0.720. The Bertz CT molecular complexity index is 770. The number of aliphatic carboxylic acids is 2. The molecular formula is C20H25N3O4. The Morgan fingerprint density at radius 2 is 1.74 bits per heavy atom. The lowest BCUT2D eigenvalue weighted by Crippen LogP contribution is -2.21. The van der Waals surface area contributed by atoms with Gasteiger partial charge in [0.25, 0.3) is 0 Å². The van der Waals surface area contributed by atoms with Gasteiger partial charge < -0.3 is 15.1 Å². The second-order valence-corrected chi connectivity index (χ2v) is 6.98. The molecule has 2 aliphatic rings. The predicted molar refractivity (Wildman–Crippen MR) is 100 cm³/mol. The van der Waals surface area contributed by atoms with Crippen LogP contribution < -0.4 is 0 Å². The molecule has 2 aromatic rings. The van der Waals surface area contributed by atoms with Crippen molar-refractivity contribution in [3.05, 3.63) is 47.8 Å². The zero-order valence-electron chi connectivity index (χ0n) is 15.3. The summed E-state index contributed by atoms with van der Waals surface area (Å²) >= 11 is 0. The van der Waals surface area contributed by atoms with E-state index >= 15 is 0 Å². The molecule has 0 spiro atoms. The molecule has 1 fully saturated rings. The van der Waals surface area contributed by atoms with E-state index in [1.54, 1.807) is 0 Å². The van der Waals surface area contributed by atoms with Crippen molar-refractivity contribution in [1.82, 2.24) is 14.7 Å². The van der Waals surface area contributed by atoms with Crippen molar-refractivity contribution in [2.45, 2.75) is 38.0 Å². The second-order valence-electron chi connectivity index (χ2n) is 6.98. The van der Waals surface area contributed by atoms with Gasteiger partial charge in [0.15, 0.2) is 0 Å². The Kier molecular flexibility index (Phi) is 6.24. The van der Waals surface area contributed by atoms with Crippen molar-refractivity contribution in [2.24, 2.45) is 0 Å². The maximum Gasteiger partial charge on any atom is 0.414 e. The molecule has 1 unspecified atom stereocenters. The molecule has 0 radical (unpaired) electrons. The number of benzene rings is 1. The number of nitrogens with zero attached hydrogens (tertiary/aromatic N) is 3. The number of carbonyl (C=O) groups is 2. The molecule has 1 aromatic heterocycles. The SMILES string of the molecule is O=C(O)C(=O)O.c1ccc(-n2ncc3c2CCC3CCN2CCCC2)cc1. The number of fused-ring (bicyclic) bond motifs is 1. The lowest BCUT2D eigenvalue weighted by Gasteiger charge is -2.17. The van der Waals surface area contributed by atoms with Crippen molar-refractivity contribution in [1.29, 1.82) is 0 Å². The van der Waals surface area contributed by atoms with Crippen LogP contribution in [0, 0.1) is 0 Å². The minimum Gasteiger partial charge on any atom is -0.473 e. The standard InChI is InChI=1S/C18H23N3.C2H2O4/c1-2-6-16(7-3-1)21-18-9-8-15(17(18)14-19-21)10-13-20-11-4-5-12-20;3-1(4)2(5)6/h1-3,6-7,14-15H,4-5,8-13H2;(H,3,4)(H,5,6). The summed E-state index contributed by atoms with van der Waals surface area (Å²) in [5, 5.41) is 19.4. The van der Waals surface area contributed by atoms with Crippen LogP contribution in [0.15, 0.2) is 36.5 Å². The van der Waals surface area contributed by atoms with Gasteiger partial charge in [0.05, 0.1) is 11.9 Å². The monoisotopic (exact) mass is 371 g/mol. The maximum absolute atomic E-state index is 9.10. The minimum atomic E-state index is -1.82. The molecule has 2 N–H and O–H groups in total. The third-order valence-electron chi connectivity index (χ3n) is 5.25. The Hall–Kier alpha value is -2.67. The Morgan fingerprint density at radius 1 is 1.07 bits per heavy atom. The largest absolute Gasteiger partial charge is 0.473 e. The number of rotatable bonds is 4. The highest BCUT2D eigenvalue weighted by molar-refractivity contribution is 6.27. The third-order valence-corrected chi connectivity index (χ3v) is 5.25. The first-order valence-corrected chi connectivity index (χ1v) is 9.37. The van der Waals surface area contributed by atoms with Crippen molar-refractivity contribution >= 4 is 11.9 Å². The summed E-state index contributed by atoms with van der Waals surface area (Å²) in [6.45, 7) is 3.88. The Balaban J connectivity index is 0.000000307. The van der Waals surface area contributed by atoms with E-state index in [1.807, 2.05) is 0 Å². The van der Waals surface area contributed by atoms with E-state index < -0.39 is 11.9 Å². The van der Waals surface area contributed by atoms with Gasteiger partial charge in [0.2, 0.25) is 0 Å². The summed E-state index contributed by atoms with van der Waals surface area (Å²) in [5.41, 5.74) is 4.13. The summed E-state index contributed by atoms with van der Waals surface area (Å²) in [5.74, 6) is -2.93. The normalized spacial score (nSPS) is 18.6. The highest BCUT2D eigenvalue weighted by Gasteiger charge is 2.27. The fourth-order valence-electron chi connectivity index (χ4n) is 3.88. The summed E-state index contributed by atoms with van der Waals surface area (Å²) in [7, 11) is 0. The van der Waals surface area contributed by atoms with E-state index in [2.05, 4.69) is 51.2 Å². The fraction of sp³-hybridized carbons (Fsp3) is 0.450. The molecular weight excluding hydrogens is 346 g/mol. The van der Waals surface area contributed by atoms with Gasteiger partial charge >= 0.3 is 11.9 Å². The number of para-hydroxylation sites is 1. The Labute approximate surface area is 158 Å². The van der Waals surface area contributed by atoms with Gasteiger partial charge in [0.1, 0.15) is 0 Å². The topological polar surface area (TPSA) is 95.7 Å². The van der Waals surface area contributed by atoms with Crippen LogP contribution in [0.5, 0.6) is 0 Å². The van der Waals surface area contributed by atoms with Gasteiger partial charge in [0, 0.05) is 5.69 Å². The van der Waals surface area contributed by atoms with Gasteiger partial charge in [-0.15, -0.1) is 0 Å². The zero-order chi connectivity index (χ0) is 19.2. The van der Waals surface area contributed by atoms with Gasteiger partial charge in [-0.1, -0.05) is 18.2 Å². The first kappa shape index (κ1) is 19.1. The number of hydrogen-bond donors (Lipinski definition) is 2. The van der Waals surface area contributed by atoms with Gasteiger partial charge in [-0.25, -0.2) is 14.3 Å². The lowest BCUT2D eigenvalue weighted by atomic mass is 10.0. The molecule has 1 saturated heterocycles. The van der Waals surface area contributed by atoms with Crippen LogP contribution in [0.4, 0.5) is 0 Å². The lowest BCUT2D eigenvalue weighted by molar-refractivity contribution is -0.159. The van der Waals surface area contributed by atoms with Gasteiger partial charge in [-0.05, 0) is 75.4 Å². The number of carboxylic acids is 2. The second kappa shape index (κ2) is 8.81. The van der Waals surface area contributed by atoms with E-state index in [4.69, 9.17) is 19.8 Å². The molecule has 1 atom stereocenters. The molecule has 4 rings (SSSR count). The average molecular weight is 371 g/mol. The molecule has 1 aliphatic heterocycles. The average Bonchev–Trinajstić information content (AvgIpc) is 3.39. The highest BCUT2D eigenvalue weighted by Crippen LogP contribution is 2.36. The number of carboxylic acid groups (broad SMARTS) is 2. The van der Waals surface area contributed by atoms with Crippen LogP contribution in [-0.2, 0) is 16.0 Å². The maximum atomic E-state index is 9.10. The van der Waals surface area contributed by atoms with E-state index in [9.17, 15) is 0 Å². The van der Waals surface area contributed by atoms with Crippen molar-refractivity contribution in [3.8, 4) is 5.69 Å². The smallest absolute Gasteiger partial charge is 0.414 e. The first-order chi connectivity index (χ1) is 13.1. The molecule has 0 saturated carbocycles. The van der Waals surface area contributed by atoms with Crippen LogP contribution in [0.2, 0.25) is 0 Å². The predicted octanol–water partition coefficient (Wildman–Crippen LogP) is 2.54. The van der Waals surface area contributed by atoms with Crippen LogP contribution in [0.1, 0.15) is 42.9 Å².